The van der Waals surface area contributed by atoms with Gasteiger partial charge in [0.05, 0.1) is 19.1 Å². The first kappa shape index (κ1) is 22.7. The molecule has 0 radical (unpaired) electrons. The molecule has 2 heterocycles. The average molecular weight is 471 g/mol. The Morgan fingerprint density at radius 3 is 2.67 bits per heavy atom. The summed E-state index contributed by atoms with van der Waals surface area (Å²) in [6.07, 6.45) is 4.14. The molecule has 1 saturated carbocycles. The first-order valence-corrected chi connectivity index (χ1v) is 11.6. The number of benzene rings is 1. The van der Waals surface area contributed by atoms with Crippen molar-refractivity contribution in [2.24, 2.45) is 0 Å². The first-order valence-electron chi connectivity index (χ1n) is 10.7. The third kappa shape index (κ3) is 5.48. The van der Waals surface area contributed by atoms with Crippen LogP contribution in [-0.2, 0) is 16.1 Å². The first-order chi connectivity index (χ1) is 16.1. The van der Waals surface area contributed by atoms with E-state index >= 15 is 0 Å². The van der Waals surface area contributed by atoms with Crippen LogP contribution in [0.15, 0.2) is 35.7 Å². The lowest BCUT2D eigenvalue weighted by Gasteiger charge is -2.24. The summed E-state index contributed by atoms with van der Waals surface area (Å²) in [6, 6.07) is 9.03. The summed E-state index contributed by atoms with van der Waals surface area (Å²) < 4.78 is 10.7. The van der Waals surface area contributed by atoms with E-state index < -0.39 is 0 Å². The van der Waals surface area contributed by atoms with Gasteiger partial charge >= 0.3 is 0 Å². The van der Waals surface area contributed by atoms with E-state index in [0.29, 0.717) is 23.0 Å². The lowest BCUT2D eigenvalue weighted by molar-refractivity contribution is -0.124. The van der Waals surface area contributed by atoms with Crippen LogP contribution < -0.4 is 19.7 Å². The molecule has 10 nitrogen and oxygen atoms in total. The van der Waals surface area contributed by atoms with Gasteiger partial charge in [0.15, 0.2) is 11.5 Å². The highest BCUT2D eigenvalue weighted by molar-refractivity contribution is 7.13. The molecule has 1 aromatic carbocycles. The zero-order valence-electron chi connectivity index (χ0n) is 18.6. The largest absolute Gasteiger partial charge is 0.493 e. The second kappa shape index (κ2) is 10.4. The Labute approximate surface area is 195 Å². The van der Waals surface area contributed by atoms with Crippen LogP contribution >= 0.6 is 11.3 Å². The molecule has 2 amide bonds. The molecule has 3 aromatic rings. The van der Waals surface area contributed by atoms with E-state index in [9.17, 15) is 9.59 Å². The number of rotatable bonds is 9. The van der Waals surface area contributed by atoms with Gasteiger partial charge in [0.2, 0.25) is 11.7 Å². The highest BCUT2D eigenvalue weighted by Crippen LogP contribution is 2.31. The molecule has 1 aliphatic carbocycles. The van der Waals surface area contributed by atoms with Crippen molar-refractivity contribution in [3.8, 4) is 22.2 Å². The van der Waals surface area contributed by atoms with Crippen LogP contribution in [0.5, 0.6) is 11.5 Å². The number of ether oxygens (including phenoxy) is 2. The van der Waals surface area contributed by atoms with E-state index in [-0.39, 0.29) is 30.9 Å². The van der Waals surface area contributed by atoms with Crippen LogP contribution in [0.3, 0.4) is 0 Å². The average Bonchev–Trinajstić information content (AvgIpc) is 3.59. The van der Waals surface area contributed by atoms with Crippen molar-refractivity contribution >= 4 is 28.8 Å². The van der Waals surface area contributed by atoms with E-state index in [4.69, 9.17) is 9.47 Å². The molecule has 0 saturated heterocycles. The van der Waals surface area contributed by atoms with E-state index in [2.05, 4.69) is 20.7 Å². The van der Waals surface area contributed by atoms with Crippen LogP contribution in [0.4, 0.5) is 5.69 Å². The number of hydrogen-bond acceptors (Lipinski definition) is 8. The molecule has 0 aliphatic heterocycles. The fraction of sp³-hybridized carbons (Fsp3) is 0.409. The van der Waals surface area contributed by atoms with Crippen LogP contribution in [0.2, 0.25) is 0 Å². The number of nitrogens with zero attached hydrogens (tertiary/aromatic N) is 5. The van der Waals surface area contributed by atoms with Crippen molar-refractivity contribution < 1.29 is 19.1 Å². The smallest absolute Gasteiger partial charge is 0.251 e. The summed E-state index contributed by atoms with van der Waals surface area (Å²) in [5, 5.41) is 17.3. The fourth-order valence-electron chi connectivity index (χ4n) is 3.82. The number of tetrazole rings is 1. The van der Waals surface area contributed by atoms with Crippen LogP contribution in [0.25, 0.3) is 10.7 Å². The molecule has 0 unspecified atom stereocenters. The molecule has 1 aliphatic rings. The van der Waals surface area contributed by atoms with E-state index in [1.54, 1.807) is 18.2 Å². The van der Waals surface area contributed by atoms with Crippen molar-refractivity contribution in [3.63, 3.8) is 0 Å². The SMILES string of the molecule is COc1ccc(N(CC(=O)NC2CCCC2)C(=O)Cn2nnc(-c3cccs3)n2)cc1OC. The van der Waals surface area contributed by atoms with E-state index in [1.807, 2.05) is 17.5 Å². The number of thiophene rings is 1. The highest BCUT2D eigenvalue weighted by Gasteiger charge is 2.24. The van der Waals surface area contributed by atoms with E-state index in [0.717, 1.165) is 30.6 Å². The maximum absolute atomic E-state index is 13.3. The monoisotopic (exact) mass is 470 g/mol. The van der Waals surface area contributed by atoms with Crippen molar-refractivity contribution in [1.82, 2.24) is 25.5 Å². The van der Waals surface area contributed by atoms with Crippen LogP contribution in [0, 0.1) is 0 Å². The molecule has 0 atom stereocenters. The van der Waals surface area contributed by atoms with Gasteiger partial charge in [-0.05, 0) is 41.6 Å². The molecule has 0 spiro atoms. The molecule has 0 bridgehead atoms. The van der Waals surface area contributed by atoms with Gasteiger partial charge in [-0.1, -0.05) is 18.9 Å². The minimum absolute atomic E-state index is 0.128. The number of hydrogen-bond donors (Lipinski definition) is 1. The topological polar surface area (TPSA) is 111 Å². The molecule has 174 valence electrons. The Bertz CT molecular complexity index is 1090. The van der Waals surface area contributed by atoms with Gasteiger partial charge in [-0.2, -0.15) is 4.80 Å². The lowest BCUT2D eigenvalue weighted by Crippen LogP contribution is -2.45. The third-order valence-electron chi connectivity index (χ3n) is 5.47. The van der Waals surface area contributed by atoms with Gasteiger partial charge in [0.25, 0.3) is 5.91 Å². The summed E-state index contributed by atoms with van der Waals surface area (Å²) in [5.74, 6) is 0.884. The molecule has 1 N–H and O–H groups in total. The summed E-state index contributed by atoms with van der Waals surface area (Å²) in [4.78, 5) is 29.6. The Balaban J connectivity index is 1.54. The van der Waals surface area contributed by atoms with Gasteiger partial charge in [-0.3, -0.25) is 9.59 Å². The number of carbonyl (C=O) groups excluding carboxylic acids is 2. The summed E-state index contributed by atoms with van der Waals surface area (Å²) in [7, 11) is 3.06. The predicted octanol–water partition coefficient (Wildman–Crippen LogP) is 2.51. The Hall–Kier alpha value is -3.47. The van der Waals surface area contributed by atoms with Gasteiger partial charge in [-0.15, -0.1) is 21.5 Å². The zero-order chi connectivity index (χ0) is 23.2. The Morgan fingerprint density at radius 2 is 1.97 bits per heavy atom. The third-order valence-corrected chi connectivity index (χ3v) is 6.34. The van der Waals surface area contributed by atoms with Gasteiger partial charge < -0.3 is 19.7 Å². The maximum Gasteiger partial charge on any atom is 0.251 e. The fourth-order valence-corrected chi connectivity index (χ4v) is 4.47. The molecular formula is C22H26N6O4S. The Kier molecular flexibility index (Phi) is 7.18. The quantitative estimate of drug-likeness (QED) is 0.511. The number of methoxy groups -OCH3 is 2. The number of carbonyl (C=O) groups is 2. The van der Waals surface area contributed by atoms with Crippen molar-refractivity contribution in [2.45, 2.75) is 38.3 Å². The number of amides is 2. The van der Waals surface area contributed by atoms with E-state index in [1.165, 1.54) is 35.3 Å². The summed E-state index contributed by atoms with van der Waals surface area (Å²) in [6.45, 7) is -0.291. The standard InChI is InChI=1S/C22H26N6O4S/c1-31-17-10-9-16(12-18(17)32-2)27(13-20(29)23-15-6-3-4-7-15)21(30)14-28-25-22(24-26-28)19-8-5-11-33-19/h5,8-12,15H,3-4,6-7,13-14H2,1-2H3,(H,23,29). The van der Waals surface area contributed by atoms with Crippen LogP contribution in [-0.4, -0.2) is 58.8 Å². The normalized spacial score (nSPS) is 13.6. The minimum atomic E-state index is -0.348. The minimum Gasteiger partial charge on any atom is -0.493 e. The second-order valence-electron chi connectivity index (χ2n) is 7.69. The number of aromatic nitrogens is 4. The van der Waals surface area contributed by atoms with Crippen LogP contribution in [0.1, 0.15) is 25.7 Å². The maximum atomic E-state index is 13.3. The molecule has 1 fully saturated rings. The van der Waals surface area contributed by atoms with Gasteiger partial charge in [-0.25, -0.2) is 0 Å². The molecule has 11 heteroatoms. The predicted molar refractivity (Wildman–Crippen MR) is 123 cm³/mol. The van der Waals surface area contributed by atoms with Gasteiger partial charge in [0.1, 0.15) is 13.1 Å². The summed E-state index contributed by atoms with van der Waals surface area (Å²) in [5.41, 5.74) is 0.512. The molecule has 4 rings (SSSR count). The number of nitrogens with one attached hydrogen (secondary N) is 1. The molecule has 33 heavy (non-hydrogen) atoms. The lowest BCUT2D eigenvalue weighted by atomic mass is 10.2. The van der Waals surface area contributed by atoms with Crippen molar-refractivity contribution in [2.75, 3.05) is 25.7 Å². The number of anilines is 1. The van der Waals surface area contributed by atoms with Crippen molar-refractivity contribution in [1.29, 1.82) is 0 Å². The van der Waals surface area contributed by atoms with Crippen molar-refractivity contribution in [3.05, 3.63) is 35.7 Å². The molecule has 2 aromatic heterocycles. The second-order valence-corrected chi connectivity index (χ2v) is 8.64. The Morgan fingerprint density at radius 1 is 1.18 bits per heavy atom. The summed E-state index contributed by atoms with van der Waals surface area (Å²) >= 11 is 1.49. The highest BCUT2D eigenvalue weighted by atomic mass is 32.1. The molecular weight excluding hydrogens is 444 g/mol. The van der Waals surface area contributed by atoms with Gasteiger partial charge in [0, 0.05) is 17.8 Å². The zero-order valence-corrected chi connectivity index (χ0v) is 19.4.